The normalized spacial score (nSPS) is 14.2. The number of hydrogen-bond donors (Lipinski definition) is 1. The minimum atomic E-state index is 0.461. The molecule has 1 aromatic carbocycles. The van der Waals surface area contributed by atoms with Crippen LogP contribution in [0.3, 0.4) is 0 Å². The van der Waals surface area contributed by atoms with Crippen LogP contribution in [0.15, 0.2) is 54.7 Å². The molecule has 7 heteroatoms. The topological polar surface area (TPSA) is 72.9 Å². The number of aryl methyl sites for hydroxylation is 1. The monoisotopic (exact) mass is 448 g/mol. The van der Waals surface area contributed by atoms with Gasteiger partial charge < -0.3 is 5.73 Å². The summed E-state index contributed by atoms with van der Waals surface area (Å²) in [4.78, 5) is 16.2. The predicted molar refractivity (Wildman–Crippen MR) is 131 cm³/mol. The molecular formula is C25H29ClN6. The maximum atomic E-state index is 6.07. The van der Waals surface area contributed by atoms with Crippen LogP contribution in [0.4, 0.5) is 0 Å². The van der Waals surface area contributed by atoms with Gasteiger partial charge in [0.1, 0.15) is 16.5 Å². The number of aromatic nitrogens is 4. The third-order valence-corrected chi connectivity index (χ3v) is 5.95. The molecule has 4 heterocycles. The van der Waals surface area contributed by atoms with Gasteiger partial charge >= 0.3 is 0 Å². The molecule has 0 radical (unpaired) electrons. The average Bonchev–Trinajstić information content (AvgIpc) is 3.16. The molecule has 1 saturated heterocycles. The Balaban J connectivity index is 0.00000119. The standard InChI is InChI=1S/C24H24ClN5.CH5N/c1-17-27-22-10-9-21(19-11-12-26-23(25)15-19)28-24(22)30(17)20-7-5-18(6-8-20)16-29-13-3-2-4-14-29;1-2/h5-12,15H,2-4,13-14,16H2,1H3;2H2,1H3. The van der Waals surface area contributed by atoms with Crippen molar-refractivity contribution in [3.63, 3.8) is 0 Å². The fraction of sp³-hybridized carbons (Fsp3) is 0.320. The fourth-order valence-corrected chi connectivity index (χ4v) is 4.40. The highest BCUT2D eigenvalue weighted by Gasteiger charge is 2.14. The molecule has 0 amide bonds. The van der Waals surface area contributed by atoms with E-state index in [4.69, 9.17) is 21.6 Å². The van der Waals surface area contributed by atoms with E-state index in [9.17, 15) is 0 Å². The van der Waals surface area contributed by atoms with E-state index >= 15 is 0 Å². The molecule has 32 heavy (non-hydrogen) atoms. The second-order valence-corrected chi connectivity index (χ2v) is 8.29. The third kappa shape index (κ3) is 4.83. The van der Waals surface area contributed by atoms with Crippen molar-refractivity contribution in [2.24, 2.45) is 5.73 Å². The number of nitrogens with two attached hydrogens (primary N) is 1. The highest BCUT2D eigenvalue weighted by atomic mass is 35.5. The molecule has 0 spiro atoms. The van der Waals surface area contributed by atoms with Gasteiger partial charge in [-0.05, 0) is 81.9 Å². The Hall–Kier alpha value is -2.80. The highest BCUT2D eigenvalue weighted by molar-refractivity contribution is 6.29. The largest absolute Gasteiger partial charge is 0.333 e. The van der Waals surface area contributed by atoms with Crippen molar-refractivity contribution in [2.45, 2.75) is 32.7 Å². The first-order valence-corrected chi connectivity index (χ1v) is 11.4. The molecule has 3 aromatic heterocycles. The van der Waals surface area contributed by atoms with E-state index in [1.165, 1.54) is 45.0 Å². The zero-order valence-electron chi connectivity index (χ0n) is 18.6. The third-order valence-electron chi connectivity index (χ3n) is 5.74. The Morgan fingerprint density at radius 1 is 0.938 bits per heavy atom. The summed E-state index contributed by atoms with van der Waals surface area (Å²) in [5.74, 6) is 0.922. The Labute approximate surface area is 194 Å². The van der Waals surface area contributed by atoms with Crippen molar-refractivity contribution in [2.75, 3.05) is 20.1 Å². The number of pyridine rings is 2. The second-order valence-electron chi connectivity index (χ2n) is 7.90. The number of halogens is 1. The van der Waals surface area contributed by atoms with Crippen LogP contribution in [0, 0.1) is 6.92 Å². The molecule has 1 aliphatic rings. The van der Waals surface area contributed by atoms with Crippen LogP contribution in [0.25, 0.3) is 28.1 Å². The van der Waals surface area contributed by atoms with E-state index < -0.39 is 0 Å². The first-order chi connectivity index (χ1) is 15.7. The molecule has 0 aliphatic carbocycles. The molecule has 0 bridgehead atoms. The van der Waals surface area contributed by atoms with E-state index in [-0.39, 0.29) is 0 Å². The maximum Gasteiger partial charge on any atom is 0.165 e. The van der Waals surface area contributed by atoms with Crippen molar-refractivity contribution in [1.29, 1.82) is 0 Å². The van der Waals surface area contributed by atoms with E-state index in [0.717, 1.165) is 40.5 Å². The predicted octanol–water partition coefficient (Wildman–Crippen LogP) is 5.01. The summed E-state index contributed by atoms with van der Waals surface area (Å²) in [5, 5.41) is 0.461. The minimum absolute atomic E-state index is 0.461. The van der Waals surface area contributed by atoms with Crippen molar-refractivity contribution < 1.29 is 0 Å². The van der Waals surface area contributed by atoms with Crippen LogP contribution in [0.5, 0.6) is 0 Å². The van der Waals surface area contributed by atoms with Gasteiger partial charge in [-0.1, -0.05) is 30.2 Å². The molecule has 0 unspecified atom stereocenters. The molecule has 6 nitrogen and oxygen atoms in total. The Morgan fingerprint density at radius 3 is 2.41 bits per heavy atom. The highest BCUT2D eigenvalue weighted by Crippen LogP contribution is 2.25. The number of hydrogen-bond acceptors (Lipinski definition) is 5. The summed E-state index contributed by atoms with van der Waals surface area (Å²) in [6.45, 7) is 5.46. The van der Waals surface area contributed by atoms with Gasteiger partial charge in [-0.3, -0.25) is 9.47 Å². The molecule has 4 aromatic rings. The van der Waals surface area contributed by atoms with Gasteiger partial charge in [0.25, 0.3) is 0 Å². The Morgan fingerprint density at radius 2 is 1.69 bits per heavy atom. The zero-order valence-corrected chi connectivity index (χ0v) is 19.4. The van der Waals surface area contributed by atoms with E-state index in [1.807, 2.05) is 31.2 Å². The van der Waals surface area contributed by atoms with Crippen LogP contribution in [0.1, 0.15) is 30.7 Å². The van der Waals surface area contributed by atoms with Crippen molar-refractivity contribution in [3.05, 3.63) is 71.3 Å². The summed E-state index contributed by atoms with van der Waals surface area (Å²) in [6, 6.07) is 16.5. The van der Waals surface area contributed by atoms with Crippen molar-refractivity contribution in [3.8, 4) is 16.9 Å². The summed E-state index contributed by atoms with van der Waals surface area (Å²) in [7, 11) is 1.50. The molecule has 1 aliphatic heterocycles. The molecule has 1 fully saturated rings. The Bertz CT molecular complexity index is 1180. The van der Waals surface area contributed by atoms with Crippen LogP contribution < -0.4 is 5.73 Å². The molecule has 0 saturated carbocycles. The number of likely N-dealkylation sites (tertiary alicyclic amines) is 1. The van der Waals surface area contributed by atoms with Gasteiger partial charge in [0.05, 0.1) is 5.69 Å². The molecule has 5 rings (SSSR count). The van der Waals surface area contributed by atoms with Gasteiger partial charge in [-0.2, -0.15) is 0 Å². The van der Waals surface area contributed by atoms with Crippen LogP contribution >= 0.6 is 11.6 Å². The summed E-state index contributed by atoms with van der Waals surface area (Å²) in [6.07, 6.45) is 5.69. The number of fused-ring (bicyclic) bond motifs is 1. The summed E-state index contributed by atoms with van der Waals surface area (Å²) < 4.78 is 2.12. The van der Waals surface area contributed by atoms with Crippen LogP contribution in [-0.4, -0.2) is 44.6 Å². The van der Waals surface area contributed by atoms with Gasteiger partial charge in [-0.25, -0.2) is 15.0 Å². The smallest absolute Gasteiger partial charge is 0.165 e. The van der Waals surface area contributed by atoms with Crippen molar-refractivity contribution >= 4 is 22.8 Å². The number of rotatable bonds is 4. The van der Waals surface area contributed by atoms with E-state index in [0.29, 0.717) is 5.15 Å². The number of imidazole rings is 1. The lowest BCUT2D eigenvalue weighted by Gasteiger charge is -2.26. The molecule has 2 N–H and O–H groups in total. The van der Waals surface area contributed by atoms with Crippen LogP contribution in [0.2, 0.25) is 5.15 Å². The maximum absolute atomic E-state index is 6.07. The lowest BCUT2D eigenvalue weighted by Crippen LogP contribution is -2.29. The van der Waals surface area contributed by atoms with E-state index in [1.54, 1.807) is 6.20 Å². The SMILES string of the molecule is CN.Cc1nc2ccc(-c3ccnc(Cl)c3)nc2n1-c1ccc(CN2CCCCC2)cc1. The number of piperidine rings is 1. The Kier molecular flexibility index (Phi) is 7.15. The van der Waals surface area contributed by atoms with E-state index in [2.05, 4.69) is 44.5 Å². The van der Waals surface area contributed by atoms with Gasteiger partial charge in [0.2, 0.25) is 0 Å². The quantitative estimate of drug-likeness (QED) is 0.444. The lowest BCUT2D eigenvalue weighted by atomic mass is 10.1. The molecule has 0 atom stereocenters. The van der Waals surface area contributed by atoms with Gasteiger partial charge in [0, 0.05) is 24.0 Å². The molecular weight excluding hydrogens is 420 g/mol. The summed E-state index contributed by atoms with van der Waals surface area (Å²) >= 11 is 6.07. The van der Waals surface area contributed by atoms with Gasteiger partial charge in [-0.15, -0.1) is 0 Å². The fourth-order valence-electron chi connectivity index (χ4n) is 4.23. The first-order valence-electron chi connectivity index (χ1n) is 11.0. The lowest BCUT2D eigenvalue weighted by molar-refractivity contribution is 0.221. The van der Waals surface area contributed by atoms with Crippen molar-refractivity contribution in [1.82, 2.24) is 24.4 Å². The summed E-state index contributed by atoms with van der Waals surface area (Å²) in [5.41, 5.74) is 10.5. The minimum Gasteiger partial charge on any atom is -0.333 e. The van der Waals surface area contributed by atoms with Crippen LogP contribution in [-0.2, 0) is 6.54 Å². The number of benzene rings is 1. The second kappa shape index (κ2) is 10.2. The first kappa shape index (κ1) is 22.4. The zero-order chi connectivity index (χ0) is 22.5. The number of nitrogens with zero attached hydrogens (tertiary/aromatic N) is 5. The molecule has 166 valence electrons. The van der Waals surface area contributed by atoms with Gasteiger partial charge in [0.15, 0.2) is 5.65 Å². The average molecular weight is 449 g/mol.